The maximum Gasteiger partial charge on any atom is 0.173 e. The molecule has 2 unspecified atom stereocenters. The zero-order valence-corrected chi connectivity index (χ0v) is 39.5. The number of rotatable bonds is 13. The first-order valence-corrected chi connectivity index (χ1v) is 25.9. The second kappa shape index (κ2) is 23.0. The molecule has 9 rings (SSSR count). The van der Waals surface area contributed by atoms with E-state index in [2.05, 4.69) is 195 Å². The van der Waals surface area contributed by atoms with Gasteiger partial charge >= 0.3 is 0 Å². The number of hydrogen-bond acceptors (Lipinski definition) is 6. The smallest absolute Gasteiger partial charge is 0.173 e. The van der Waals surface area contributed by atoms with Crippen LogP contribution in [0.3, 0.4) is 0 Å². The molecule has 0 saturated heterocycles. The van der Waals surface area contributed by atoms with Crippen LogP contribution in [0.25, 0.3) is 22.3 Å². The number of pyridine rings is 4. The van der Waals surface area contributed by atoms with Crippen LogP contribution in [0.4, 0.5) is 0 Å². The summed E-state index contributed by atoms with van der Waals surface area (Å²) in [5.41, 5.74) is 11.7. The van der Waals surface area contributed by atoms with Gasteiger partial charge in [-0.05, 0) is 51.1 Å². The van der Waals surface area contributed by atoms with E-state index in [1.165, 1.54) is 58.5 Å². The predicted octanol–water partition coefficient (Wildman–Crippen LogP) is 12.3. The summed E-state index contributed by atoms with van der Waals surface area (Å²) in [5, 5.41) is 4.77. The lowest BCUT2D eigenvalue weighted by Crippen LogP contribution is -2.33. The third-order valence-corrected chi connectivity index (χ3v) is 19.3. The molecule has 0 fully saturated rings. The van der Waals surface area contributed by atoms with Crippen LogP contribution in [0, 0.1) is 6.92 Å². The number of nitrogens with zero attached hydrogens (tertiary/aromatic N) is 4. The molecule has 4 aromatic heterocycles. The monoisotopic (exact) mass is 926 g/mol. The Balaban J connectivity index is 0.000000659. The first-order valence-electron chi connectivity index (χ1n) is 20.3. The first-order chi connectivity index (χ1) is 29.9. The van der Waals surface area contributed by atoms with Crippen molar-refractivity contribution in [1.29, 1.82) is 0 Å². The first kappa shape index (κ1) is 45.9. The number of thioether (sulfide) groups is 6. The maximum absolute atomic E-state index is 2.38. The van der Waals surface area contributed by atoms with E-state index in [9.17, 15) is 0 Å². The van der Waals surface area contributed by atoms with Gasteiger partial charge in [-0.2, -0.15) is 0 Å². The lowest BCUT2D eigenvalue weighted by molar-refractivity contribution is -0.688. The largest absolute Gasteiger partial charge is 0.208 e. The topological polar surface area (TPSA) is 15.5 Å². The average Bonchev–Trinajstić information content (AvgIpc) is 3.98. The molecule has 0 radical (unpaired) electrons. The molecule has 2 atom stereocenters. The van der Waals surface area contributed by atoms with E-state index in [4.69, 9.17) is 0 Å². The third kappa shape index (κ3) is 13.4. The standard InChI is InChI=1S/C44H42N4S6.C7H8.CH4/c1-45-19-11-37(12-20-45)39-15-23-47(24-16-39)27-33-3-7-35(8-4-33)29-49-41-31-51-43(53-41)44-52-32-42(54-44)50-30-36-9-5-34(6-10-36)28-48-25-17-40(18-26-48)38-13-21-46(2)22-14-38;1-7-5-3-2-4-6-7;/h3-26,31-32,43-44H,27-30H2,1-2H3;2-6H,1H3;1H4/q+4;;. The van der Waals surface area contributed by atoms with Crippen molar-refractivity contribution in [2.24, 2.45) is 14.1 Å². The van der Waals surface area contributed by atoms with Crippen LogP contribution in [0.1, 0.15) is 35.2 Å². The SMILES string of the molecule is C.C[n+]1ccc(-c2cc[n+](Cc3ccc(CSC4=CSC(C5SC=C(SCc6ccc(C[n+]7ccc(-c8cc[n+](C)cc8)cc7)cc6)S5)S4)cc3)cc2)cc1.Cc1ccccc1. The fourth-order valence-electron chi connectivity index (χ4n) is 6.60. The van der Waals surface area contributed by atoms with Crippen molar-refractivity contribution in [3.8, 4) is 22.3 Å². The van der Waals surface area contributed by atoms with Gasteiger partial charge in [-0.15, -0.1) is 70.6 Å². The van der Waals surface area contributed by atoms with Gasteiger partial charge in [0.05, 0.1) is 9.16 Å². The number of hydrogen-bond donors (Lipinski definition) is 0. The normalized spacial score (nSPS) is 15.5. The van der Waals surface area contributed by atoms with E-state index < -0.39 is 0 Å². The summed E-state index contributed by atoms with van der Waals surface area (Å²) in [7, 11) is 4.09. The van der Waals surface area contributed by atoms with Crippen molar-refractivity contribution in [2.45, 2.75) is 48.1 Å². The Hall–Kier alpha value is -4.16. The van der Waals surface area contributed by atoms with Crippen LogP contribution in [0.5, 0.6) is 0 Å². The molecule has 7 aromatic rings. The van der Waals surface area contributed by atoms with E-state index in [1.807, 2.05) is 103 Å². The van der Waals surface area contributed by atoms with Crippen molar-refractivity contribution in [3.05, 3.63) is 224 Å². The zero-order chi connectivity index (χ0) is 41.8. The second-order valence-electron chi connectivity index (χ2n) is 15.0. The van der Waals surface area contributed by atoms with Crippen LogP contribution in [0.2, 0.25) is 0 Å². The van der Waals surface area contributed by atoms with E-state index >= 15 is 0 Å². The summed E-state index contributed by atoms with van der Waals surface area (Å²) in [6.07, 6.45) is 17.1. The Kier molecular flexibility index (Phi) is 17.0. The fourth-order valence-corrected chi connectivity index (χ4v) is 15.4. The average molecular weight is 927 g/mol. The summed E-state index contributed by atoms with van der Waals surface area (Å²) in [6, 6.07) is 46.0. The van der Waals surface area contributed by atoms with Gasteiger partial charge in [0, 0.05) is 79.6 Å². The van der Waals surface area contributed by atoms with E-state index in [0.717, 1.165) is 24.6 Å². The van der Waals surface area contributed by atoms with Crippen molar-refractivity contribution in [1.82, 2.24) is 0 Å². The summed E-state index contributed by atoms with van der Waals surface area (Å²) in [4.78, 5) is 0. The predicted molar refractivity (Wildman–Crippen MR) is 272 cm³/mol. The highest BCUT2D eigenvalue weighted by Gasteiger charge is 2.32. The summed E-state index contributed by atoms with van der Waals surface area (Å²) < 4.78 is 12.6. The lowest BCUT2D eigenvalue weighted by atomic mass is 10.1. The van der Waals surface area contributed by atoms with Crippen molar-refractivity contribution < 1.29 is 18.3 Å². The molecule has 0 N–H and O–H groups in total. The molecule has 2 aliphatic heterocycles. The Morgan fingerprint density at radius 3 is 1.11 bits per heavy atom. The van der Waals surface area contributed by atoms with Crippen LogP contribution in [-0.2, 0) is 38.7 Å². The van der Waals surface area contributed by atoms with E-state index in [-0.39, 0.29) is 7.43 Å². The summed E-state index contributed by atoms with van der Waals surface area (Å²) in [6.45, 7) is 3.83. The van der Waals surface area contributed by atoms with Crippen molar-refractivity contribution in [2.75, 3.05) is 0 Å². The Labute approximate surface area is 394 Å². The third-order valence-electron chi connectivity index (χ3n) is 10.2. The molecule has 0 aliphatic carbocycles. The lowest BCUT2D eigenvalue weighted by Gasteiger charge is -2.16. The van der Waals surface area contributed by atoms with Gasteiger partial charge in [0.15, 0.2) is 62.7 Å². The van der Waals surface area contributed by atoms with Crippen molar-refractivity contribution in [3.63, 3.8) is 0 Å². The van der Waals surface area contributed by atoms with Gasteiger partial charge in [0.25, 0.3) is 0 Å². The highest BCUT2D eigenvalue weighted by Crippen LogP contribution is 2.57. The number of aromatic nitrogens is 4. The number of benzene rings is 3. The Bertz CT molecular complexity index is 2370. The molecule has 0 bridgehead atoms. The maximum atomic E-state index is 2.38. The molecule has 0 amide bonds. The Morgan fingerprint density at radius 1 is 0.435 bits per heavy atom. The minimum atomic E-state index is 0. The van der Waals surface area contributed by atoms with E-state index in [0.29, 0.717) is 9.16 Å². The second-order valence-corrected chi connectivity index (χ2v) is 22.6. The van der Waals surface area contributed by atoms with Crippen molar-refractivity contribution >= 4 is 70.6 Å². The molecular weight excluding hydrogens is 873 g/mol. The Morgan fingerprint density at radius 2 is 0.774 bits per heavy atom. The zero-order valence-electron chi connectivity index (χ0n) is 34.6. The number of aryl methyl sites for hydroxylation is 3. The molecule has 3 aromatic carbocycles. The van der Waals surface area contributed by atoms with Gasteiger partial charge in [0.2, 0.25) is 0 Å². The van der Waals surface area contributed by atoms with Gasteiger partial charge in [-0.1, -0.05) is 91.9 Å². The molecule has 0 spiro atoms. The van der Waals surface area contributed by atoms with Gasteiger partial charge in [0.1, 0.15) is 14.1 Å². The van der Waals surface area contributed by atoms with Crippen LogP contribution >= 0.6 is 70.6 Å². The summed E-state index contributed by atoms with van der Waals surface area (Å²) >= 11 is 12.0. The molecule has 4 nitrogen and oxygen atoms in total. The quantitative estimate of drug-likeness (QED) is 0.106. The molecule has 6 heterocycles. The minimum absolute atomic E-state index is 0. The molecule has 2 aliphatic rings. The van der Waals surface area contributed by atoms with Gasteiger partial charge < -0.3 is 0 Å². The highest BCUT2D eigenvalue weighted by atomic mass is 32.2. The molecule has 10 heteroatoms. The fraction of sp³-hybridized carbons (Fsp3) is 0.192. The van der Waals surface area contributed by atoms with Gasteiger partial charge in [-0.3, -0.25) is 0 Å². The van der Waals surface area contributed by atoms with Crippen LogP contribution in [-0.4, -0.2) is 9.16 Å². The van der Waals surface area contributed by atoms with Gasteiger partial charge in [-0.25, -0.2) is 18.3 Å². The summed E-state index contributed by atoms with van der Waals surface area (Å²) in [5.74, 6) is 2.01. The van der Waals surface area contributed by atoms with Crippen LogP contribution in [0.15, 0.2) is 196 Å². The van der Waals surface area contributed by atoms with Crippen LogP contribution < -0.4 is 18.3 Å². The van der Waals surface area contributed by atoms with E-state index in [1.54, 1.807) is 0 Å². The highest BCUT2D eigenvalue weighted by molar-refractivity contribution is 8.36. The molecule has 314 valence electrons. The minimum Gasteiger partial charge on any atom is -0.208 e. The molecular formula is C52H54N4S6+4. The molecule has 62 heavy (non-hydrogen) atoms. The molecule has 0 saturated carbocycles.